The summed E-state index contributed by atoms with van der Waals surface area (Å²) in [5, 5.41) is 1.16. The van der Waals surface area contributed by atoms with Crippen molar-refractivity contribution < 1.29 is 0 Å². The van der Waals surface area contributed by atoms with Gasteiger partial charge in [-0.05, 0) is 36.2 Å². The molecule has 4 heteroatoms. The molecule has 0 bridgehead atoms. The number of nitrogens with one attached hydrogen (secondary N) is 2. The summed E-state index contributed by atoms with van der Waals surface area (Å²) in [4.78, 5) is 16.0. The molecular weight excluding hydrogens is 320 g/mol. The summed E-state index contributed by atoms with van der Waals surface area (Å²) >= 11 is 0. The Hall–Kier alpha value is -2.62. The third-order valence-electron chi connectivity index (χ3n) is 5.13. The molecule has 0 spiro atoms. The fourth-order valence-electron chi connectivity index (χ4n) is 3.49. The third-order valence-corrected chi connectivity index (χ3v) is 5.13. The molecule has 0 aliphatic rings. The van der Waals surface area contributed by atoms with Crippen molar-refractivity contribution in [3.8, 4) is 0 Å². The lowest BCUT2D eigenvalue weighted by Crippen LogP contribution is -2.21. The van der Waals surface area contributed by atoms with E-state index in [-0.39, 0.29) is 10.8 Å². The third kappa shape index (κ3) is 3.00. The second-order valence-electron chi connectivity index (χ2n) is 8.92. The molecule has 4 aromatic heterocycles. The van der Waals surface area contributed by atoms with E-state index in [1.165, 1.54) is 17.0 Å². The molecule has 26 heavy (non-hydrogen) atoms. The van der Waals surface area contributed by atoms with Gasteiger partial charge in [0.15, 0.2) is 0 Å². The minimum atomic E-state index is -0.0200. The molecule has 0 fully saturated rings. The molecule has 0 radical (unpaired) electrons. The fourth-order valence-corrected chi connectivity index (χ4v) is 3.49. The summed E-state index contributed by atoms with van der Waals surface area (Å²) in [7, 11) is 0. The van der Waals surface area contributed by atoms with Gasteiger partial charge in [0.25, 0.3) is 0 Å². The molecule has 0 atom stereocenters. The number of aromatic amines is 2. The van der Waals surface area contributed by atoms with E-state index in [1.807, 2.05) is 24.7 Å². The average Bonchev–Trinajstić information content (AvgIpc) is 3.18. The van der Waals surface area contributed by atoms with Gasteiger partial charge >= 0.3 is 0 Å². The fraction of sp³-hybridized carbons (Fsp3) is 0.364. The van der Waals surface area contributed by atoms with Crippen LogP contribution < -0.4 is 0 Å². The maximum Gasteiger partial charge on any atom is 0.0882 e. The van der Waals surface area contributed by atoms with Crippen molar-refractivity contribution in [2.75, 3.05) is 0 Å². The smallest absolute Gasteiger partial charge is 0.0882 e. The molecule has 0 aliphatic carbocycles. The van der Waals surface area contributed by atoms with E-state index in [2.05, 4.69) is 72.8 Å². The molecule has 4 aromatic rings. The topological polar surface area (TPSA) is 57.4 Å². The first kappa shape index (κ1) is 16.8. The second kappa shape index (κ2) is 5.70. The summed E-state index contributed by atoms with van der Waals surface area (Å²) in [5.74, 6) is 0. The highest BCUT2D eigenvalue weighted by molar-refractivity contribution is 5.79. The normalized spacial score (nSPS) is 13.0. The van der Waals surface area contributed by atoms with E-state index < -0.39 is 0 Å². The first-order valence-corrected chi connectivity index (χ1v) is 9.14. The largest absolute Gasteiger partial charge is 0.358 e. The van der Waals surface area contributed by atoms with Crippen LogP contribution in [0.15, 0.2) is 42.9 Å². The number of nitrogens with zero attached hydrogens (tertiary/aromatic N) is 2. The van der Waals surface area contributed by atoms with E-state index in [9.17, 15) is 0 Å². The minimum absolute atomic E-state index is 0.0200. The SMILES string of the molecule is CC(C)(C)c1cc2ncc(CC(C)(C)c3cc4cnccc4[nH]3)cc2[nH]1. The molecule has 134 valence electrons. The zero-order valence-electron chi connectivity index (χ0n) is 16.1. The monoisotopic (exact) mass is 346 g/mol. The van der Waals surface area contributed by atoms with Crippen LogP contribution >= 0.6 is 0 Å². The summed E-state index contributed by atoms with van der Waals surface area (Å²) < 4.78 is 0. The Morgan fingerprint density at radius 2 is 1.65 bits per heavy atom. The Kier molecular flexibility index (Phi) is 3.69. The van der Waals surface area contributed by atoms with Gasteiger partial charge in [-0.3, -0.25) is 9.97 Å². The van der Waals surface area contributed by atoms with E-state index in [0.29, 0.717) is 0 Å². The second-order valence-corrected chi connectivity index (χ2v) is 8.92. The standard InChI is InChI=1S/C22H26N4/c1-21(2,3)19-10-17-18(26-19)8-14(12-24-17)11-22(4,5)20-9-15-13-23-7-6-16(15)25-20/h6-10,12-13,25-26H,11H2,1-5H3. The molecule has 0 aromatic carbocycles. The van der Waals surface area contributed by atoms with Crippen molar-refractivity contribution in [3.63, 3.8) is 0 Å². The van der Waals surface area contributed by atoms with Gasteiger partial charge in [0.2, 0.25) is 0 Å². The van der Waals surface area contributed by atoms with Gasteiger partial charge in [0.1, 0.15) is 0 Å². The number of H-pyrrole nitrogens is 2. The summed E-state index contributed by atoms with van der Waals surface area (Å²) in [6, 6.07) is 8.63. The highest BCUT2D eigenvalue weighted by Crippen LogP contribution is 2.31. The average molecular weight is 346 g/mol. The van der Waals surface area contributed by atoms with E-state index in [1.54, 1.807) is 0 Å². The molecule has 0 unspecified atom stereocenters. The van der Waals surface area contributed by atoms with Gasteiger partial charge in [-0.15, -0.1) is 0 Å². The van der Waals surface area contributed by atoms with Crippen LogP contribution in [0.2, 0.25) is 0 Å². The maximum absolute atomic E-state index is 4.68. The van der Waals surface area contributed by atoms with Crippen LogP contribution in [0.5, 0.6) is 0 Å². The van der Waals surface area contributed by atoms with Gasteiger partial charge in [-0.2, -0.15) is 0 Å². The lowest BCUT2D eigenvalue weighted by atomic mass is 9.83. The lowest BCUT2D eigenvalue weighted by molar-refractivity contribution is 0.509. The molecule has 4 rings (SSSR count). The van der Waals surface area contributed by atoms with E-state index >= 15 is 0 Å². The highest BCUT2D eigenvalue weighted by Gasteiger charge is 2.24. The molecule has 0 amide bonds. The van der Waals surface area contributed by atoms with E-state index in [0.717, 1.165) is 28.4 Å². The van der Waals surface area contributed by atoms with Crippen LogP contribution in [0.3, 0.4) is 0 Å². The highest BCUT2D eigenvalue weighted by atomic mass is 14.8. The van der Waals surface area contributed by atoms with Gasteiger partial charge in [0, 0.05) is 51.7 Å². The van der Waals surface area contributed by atoms with Crippen molar-refractivity contribution in [2.24, 2.45) is 0 Å². The molecule has 0 aliphatic heterocycles. The molecule has 0 saturated heterocycles. The number of fused-ring (bicyclic) bond motifs is 2. The van der Waals surface area contributed by atoms with Crippen LogP contribution in [-0.2, 0) is 17.3 Å². The predicted octanol–water partition coefficient (Wildman–Crippen LogP) is 5.26. The summed E-state index contributed by atoms with van der Waals surface area (Å²) in [6.45, 7) is 11.2. The summed E-state index contributed by atoms with van der Waals surface area (Å²) in [5.41, 5.74) is 7.04. The van der Waals surface area contributed by atoms with Crippen molar-refractivity contribution in [1.29, 1.82) is 0 Å². The first-order chi connectivity index (χ1) is 12.2. The van der Waals surface area contributed by atoms with Crippen LogP contribution in [0.1, 0.15) is 51.6 Å². The van der Waals surface area contributed by atoms with Gasteiger partial charge in [-0.25, -0.2) is 0 Å². The Labute approximate surface area is 154 Å². The van der Waals surface area contributed by atoms with Crippen LogP contribution in [0.4, 0.5) is 0 Å². The molecule has 0 saturated carbocycles. The number of hydrogen-bond donors (Lipinski definition) is 2. The van der Waals surface area contributed by atoms with Crippen molar-refractivity contribution in [1.82, 2.24) is 19.9 Å². The van der Waals surface area contributed by atoms with Crippen molar-refractivity contribution in [2.45, 2.75) is 51.9 Å². The van der Waals surface area contributed by atoms with Gasteiger partial charge in [-0.1, -0.05) is 34.6 Å². The van der Waals surface area contributed by atoms with Crippen molar-refractivity contribution in [3.05, 3.63) is 59.8 Å². The van der Waals surface area contributed by atoms with Crippen molar-refractivity contribution >= 4 is 21.9 Å². The first-order valence-electron chi connectivity index (χ1n) is 9.14. The number of aromatic nitrogens is 4. The Bertz CT molecular complexity index is 1040. The number of rotatable bonds is 3. The Morgan fingerprint density at radius 3 is 2.38 bits per heavy atom. The van der Waals surface area contributed by atoms with Crippen LogP contribution in [-0.4, -0.2) is 19.9 Å². The zero-order valence-corrected chi connectivity index (χ0v) is 16.1. The van der Waals surface area contributed by atoms with Crippen LogP contribution in [0, 0.1) is 0 Å². The predicted molar refractivity (Wildman–Crippen MR) is 108 cm³/mol. The molecule has 4 nitrogen and oxygen atoms in total. The lowest BCUT2D eigenvalue weighted by Gasteiger charge is -2.23. The van der Waals surface area contributed by atoms with Gasteiger partial charge in [0.05, 0.1) is 11.0 Å². The molecule has 2 N–H and O–H groups in total. The Balaban J connectivity index is 1.66. The minimum Gasteiger partial charge on any atom is -0.358 e. The molecular formula is C22H26N4. The molecule has 4 heterocycles. The zero-order chi connectivity index (χ0) is 18.5. The Morgan fingerprint density at radius 1 is 0.885 bits per heavy atom. The number of pyridine rings is 2. The van der Waals surface area contributed by atoms with Gasteiger partial charge < -0.3 is 9.97 Å². The quantitative estimate of drug-likeness (QED) is 0.532. The summed E-state index contributed by atoms with van der Waals surface area (Å²) in [6.07, 6.45) is 6.66. The van der Waals surface area contributed by atoms with Crippen LogP contribution in [0.25, 0.3) is 21.9 Å². The van der Waals surface area contributed by atoms with E-state index in [4.69, 9.17) is 0 Å². The number of hydrogen-bond acceptors (Lipinski definition) is 2. The maximum atomic E-state index is 4.68.